The van der Waals surface area contributed by atoms with E-state index in [2.05, 4.69) is 20.7 Å². The van der Waals surface area contributed by atoms with Gasteiger partial charge >= 0.3 is 5.97 Å². The molecule has 0 saturated heterocycles. The van der Waals surface area contributed by atoms with E-state index in [1.165, 1.54) is 11.8 Å². The maximum atomic E-state index is 10.9. The van der Waals surface area contributed by atoms with Gasteiger partial charge in [0.25, 0.3) is 0 Å². The topological polar surface area (TPSA) is 57.2 Å². The van der Waals surface area contributed by atoms with E-state index in [4.69, 9.17) is 5.84 Å². The molecule has 0 bridgehead atoms. The molecule has 0 atom stereocenters. The Hall–Kier alpha value is -0.680. The number of nitrogens with zero attached hydrogens (tertiary/aromatic N) is 1. The fourth-order valence-electron chi connectivity index (χ4n) is 0.714. The smallest absolute Gasteiger partial charge is 0.356 e. The third-order valence-electron chi connectivity index (χ3n) is 1.21. The Labute approximate surface area is 84.2 Å². The molecule has 0 aliphatic carbocycles. The molecule has 1 aromatic rings. The first-order valence-corrected chi connectivity index (χ1v) is 3.65. The van der Waals surface area contributed by atoms with Gasteiger partial charge < -0.3 is 10.6 Å². The summed E-state index contributed by atoms with van der Waals surface area (Å²) >= 11 is 3.17. The van der Waals surface area contributed by atoms with Crippen molar-refractivity contribution in [1.29, 1.82) is 0 Å². The zero-order valence-electron chi connectivity index (χ0n) is 6.28. The highest BCUT2D eigenvalue weighted by molar-refractivity contribution is 9.10. The van der Waals surface area contributed by atoms with Gasteiger partial charge in [0.2, 0.25) is 0 Å². The summed E-state index contributed by atoms with van der Waals surface area (Å²) < 4.78 is 6.42. The van der Waals surface area contributed by atoms with Gasteiger partial charge in [0.15, 0.2) is 0 Å². The first kappa shape index (κ1) is 11.3. The van der Waals surface area contributed by atoms with Gasteiger partial charge in [-0.05, 0) is 22.0 Å². The molecule has 0 aliphatic heterocycles. The Kier molecular flexibility index (Phi) is 4.12. The molecule has 0 radical (unpaired) electrons. The lowest BCUT2D eigenvalue weighted by Crippen LogP contribution is -2.15. The van der Waals surface area contributed by atoms with Crippen LogP contribution in [0, 0.1) is 0 Å². The summed E-state index contributed by atoms with van der Waals surface area (Å²) in [4.78, 5) is 10.9. The monoisotopic (exact) mass is 254 g/mol. The minimum Gasteiger partial charge on any atom is -0.464 e. The number of nitrogens with two attached hydrogens (primary N) is 1. The van der Waals surface area contributed by atoms with Crippen LogP contribution >= 0.6 is 28.3 Å². The largest absolute Gasteiger partial charge is 0.464 e. The lowest BCUT2D eigenvalue weighted by Gasteiger charge is -1.98. The van der Waals surface area contributed by atoms with Gasteiger partial charge in [-0.1, -0.05) is 0 Å². The van der Waals surface area contributed by atoms with Crippen LogP contribution in [-0.4, -0.2) is 17.8 Å². The molecule has 2 N–H and O–H groups in total. The van der Waals surface area contributed by atoms with Gasteiger partial charge in [0.1, 0.15) is 5.69 Å². The molecule has 0 spiro atoms. The number of hydrogen-bond acceptors (Lipinski definition) is 3. The quantitative estimate of drug-likeness (QED) is 0.605. The Morgan fingerprint density at radius 3 is 2.67 bits per heavy atom. The Morgan fingerprint density at radius 2 is 2.33 bits per heavy atom. The van der Waals surface area contributed by atoms with Crippen molar-refractivity contribution < 1.29 is 9.53 Å². The highest BCUT2D eigenvalue weighted by atomic mass is 79.9. The van der Waals surface area contributed by atoms with Crippen molar-refractivity contribution in [3.05, 3.63) is 22.4 Å². The minimum absolute atomic E-state index is 0. The van der Waals surface area contributed by atoms with E-state index in [0.29, 0.717) is 5.69 Å². The average Bonchev–Trinajstić information content (AvgIpc) is 2.28. The van der Waals surface area contributed by atoms with E-state index in [1.807, 2.05) is 0 Å². The molecule has 1 aromatic heterocycles. The predicted molar refractivity (Wildman–Crippen MR) is 50.9 cm³/mol. The Balaban J connectivity index is 0.00000121. The van der Waals surface area contributed by atoms with Gasteiger partial charge in [0.05, 0.1) is 7.11 Å². The van der Waals surface area contributed by atoms with E-state index in [1.54, 1.807) is 12.3 Å². The number of hydrogen-bond donors (Lipinski definition) is 1. The molecular weight excluding hydrogens is 247 g/mol. The first-order chi connectivity index (χ1) is 5.15. The molecule has 0 aromatic carbocycles. The maximum absolute atomic E-state index is 10.9. The van der Waals surface area contributed by atoms with Gasteiger partial charge in [0, 0.05) is 10.7 Å². The number of methoxy groups -OCH3 is 1. The minimum atomic E-state index is -0.446. The van der Waals surface area contributed by atoms with Crippen molar-refractivity contribution >= 4 is 34.3 Å². The van der Waals surface area contributed by atoms with E-state index >= 15 is 0 Å². The highest BCUT2D eigenvalue weighted by Crippen LogP contribution is 2.12. The van der Waals surface area contributed by atoms with Crippen molar-refractivity contribution in [1.82, 2.24) is 4.68 Å². The predicted octanol–water partition coefficient (Wildman–Crippen LogP) is 1.17. The van der Waals surface area contributed by atoms with Crippen LogP contribution in [0.4, 0.5) is 0 Å². The number of rotatable bonds is 1. The second-order valence-electron chi connectivity index (χ2n) is 1.94. The van der Waals surface area contributed by atoms with Crippen LogP contribution in [-0.2, 0) is 4.74 Å². The van der Waals surface area contributed by atoms with Crippen LogP contribution < -0.4 is 5.84 Å². The highest BCUT2D eigenvalue weighted by Gasteiger charge is 2.10. The van der Waals surface area contributed by atoms with Crippen LogP contribution in [0.2, 0.25) is 0 Å². The lowest BCUT2D eigenvalue weighted by atomic mass is 10.4. The van der Waals surface area contributed by atoms with Gasteiger partial charge in [-0.2, -0.15) is 0 Å². The molecule has 0 unspecified atom stereocenters. The van der Waals surface area contributed by atoms with Crippen LogP contribution in [0.3, 0.4) is 0 Å². The molecule has 1 rings (SSSR count). The molecular formula is C6H8BrClN2O2. The van der Waals surface area contributed by atoms with E-state index in [-0.39, 0.29) is 12.4 Å². The molecule has 0 saturated carbocycles. The van der Waals surface area contributed by atoms with E-state index in [0.717, 1.165) is 4.47 Å². The maximum Gasteiger partial charge on any atom is 0.356 e. The standard InChI is InChI=1S/C6H7BrN2O2.ClH/c1-11-6(10)5-2-4(7)3-9(5)8;/h2-3H,8H2,1H3;1H. The number of carbonyl (C=O) groups excluding carboxylic acids is 1. The zero-order valence-corrected chi connectivity index (χ0v) is 8.68. The average molecular weight is 255 g/mol. The Bertz CT molecular complexity index is 287. The Morgan fingerprint density at radius 1 is 1.75 bits per heavy atom. The molecule has 0 amide bonds. The molecule has 0 aliphatic rings. The summed E-state index contributed by atoms with van der Waals surface area (Å²) in [6, 6.07) is 1.59. The van der Waals surface area contributed by atoms with Crippen LogP contribution in [0.1, 0.15) is 10.5 Å². The number of nitrogen functional groups attached to an aromatic ring is 1. The van der Waals surface area contributed by atoms with E-state index in [9.17, 15) is 4.79 Å². The second-order valence-corrected chi connectivity index (χ2v) is 2.86. The molecule has 4 nitrogen and oxygen atoms in total. The van der Waals surface area contributed by atoms with Gasteiger partial charge in [-0.3, -0.25) is 4.68 Å². The van der Waals surface area contributed by atoms with Crippen molar-refractivity contribution in [2.45, 2.75) is 0 Å². The van der Waals surface area contributed by atoms with Crippen LogP contribution in [0.25, 0.3) is 0 Å². The zero-order chi connectivity index (χ0) is 8.43. The summed E-state index contributed by atoms with van der Waals surface area (Å²) in [6.45, 7) is 0. The fourth-order valence-corrected chi connectivity index (χ4v) is 1.15. The van der Waals surface area contributed by atoms with Gasteiger partial charge in [-0.25, -0.2) is 4.79 Å². The third-order valence-corrected chi connectivity index (χ3v) is 1.64. The van der Waals surface area contributed by atoms with Crippen molar-refractivity contribution in [3.8, 4) is 0 Å². The van der Waals surface area contributed by atoms with Crippen molar-refractivity contribution in [2.75, 3.05) is 13.0 Å². The number of ether oxygens (including phenoxy) is 1. The number of halogens is 2. The van der Waals surface area contributed by atoms with Crippen molar-refractivity contribution in [2.24, 2.45) is 0 Å². The summed E-state index contributed by atoms with van der Waals surface area (Å²) in [5.41, 5.74) is 0.319. The molecule has 1 heterocycles. The van der Waals surface area contributed by atoms with Gasteiger partial charge in [-0.15, -0.1) is 12.4 Å². The third kappa shape index (κ3) is 2.15. The second kappa shape index (κ2) is 4.37. The molecule has 0 fully saturated rings. The SMILES string of the molecule is COC(=O)c1cc(Br)cn1N.Cl. The van der Waals surface area contributed by atoms with Crippen LogP contribution in [0.15, 0.2) is 16.7 Å². The van der Waals surface area contributed by atoms with Crippen LogP contribution in [0.5, 0.6) is 0 Å². The fraction of sp³-hybridized carbons (Fsp3) is 0.167. The molecule has 12 heavy (non-hydrogen) atoms. The number of esters is 1. The summed E-state index contributed by atoms with van der Waals surface area (Å²) in [7, 11) is 1.31. The molecule has 6 heteroatoms. The number of aromatic nitrogens is 1. The van der Waals surface area contributed by atoms with E-state index < -0.39 is 5.97 Å². The normalized spacial score (nSPS) is 8.83. The first-order valence-electron chi connectivity index (χ1n) is 2.86. The lowest BCUT2D eigenvalue weighted by molar-refractivity contribution is 0.0591. The number of carbonyl (C=O) groups is 1. The summed E-state index contributed by atoms with van der Waals surface area (Å²) in [5, 5.41) is 0. The van der Waals surface area contributed by atoms with Crippen molar-refractivity contribution in [3.63, 3.8) is 0 Å². The summed E-state index contributed by atoms with van der Waals surface area (Å²) in [6.07, 6.45) is 1.58. The molecule has 68 valence electrons. The summed E-state index contributed by atoms with van der Waals surface area (Å²) in [5.74, 6) is 4.96.